The Hall–Kier alpha value is -3.60. The summed E-state index contributed by atoms with van der Waals surface area (Å²) in [6, 6.07) is 5.12. The fourth-order valence-corrected chi connectivity index (χ4v) is 2.32. The summed E-state index contributed by atoms with van der Waals surface area (Å²) in [5.41, 5.74) is 0.0871. The maximum Gasteiger partial charge on any atom is 0.360 e. The molecule has 0 saturated heterocycles. The van der Waals surface area contributed by atoms with Gasteiger partial charge in [0.05, 0.1) is 34.9 Å². The van der Waals surface area contributed by atoms with E-state index < -0.39 is 17.1 Å². The highest BCUT2D eigenvalue weighted by atomic mass is 16.4. The molecule has 3 rings (SSSR count). The van der Waals surface area contributed by atoms with Crippen LogP contribution in [0, 0.1) is 18.3 Å². The van der Waals surface area contributed by atoms with Gasteiger partial charge in [-0.25, -0.2) is 19.4 Å². The number of carbonyl (C=O) groups is 1. The molecular weight excluding hydrogens is 298 g/mol. The Kier molecular flexibility index (Phi) is 3.31. The highest BCUT2D eigenvalue weighted by Crippen LogP contribution is 2.20. The molecule has 0 aliphatic heterocycles. The van der Waals surface area contributed by atoms with Crippen molar-refractivity contribution in [2.75, 3.05) is 0 Å². The lowest BCUT2D eigenvalue weighted by Gasteiger charge is -2.11. The zero-order valence-corrected chi connectivity index (χ0v) is 11.9. The van der Waals surface area contributed by atoms with Gasteiger partial charge in [-0.1, -0.05) is 0 Å². The van der Waals surface area contributed by atoms with E-state index in [-0.39, 0.29) is 10.9 Å². The normalized spacial score (nSPS) is 10.4. The van der Waals surface area contributed by atoms with E-state index in [0.29, 0.717) is 11.2 Å². The lowest BCUT2D eigenvalue weighted by Crippen LogP contribution is -2.23. The predicted octanol–water partition coefficient (Wildman–Crippen LogP) is 1.05. The Labute approximate surface area is 129 Å². The molecule has 0 radical (unpaired) electrons. The summed E-state index contributed by atoms with van der Waals surface area (Å²) in [7, 11) is 0. The van der Waals surface area contributed by atoms with Gasteiger partial charge in [0, 0.05) is 0 Å². The number of rotatable bonds is 2. The molecule has 0 bridgehead atoms. The first-order valence-electron chi connectivity index (χ1n) is 6.49. The molecule has 0 saturated carbocycles. The molecule has 8 nitrogen and oxygen atoms in total. The van der Waals surface area contributed by atoms with Crippen LogP contribution < -0.4 is 5.43 Å². The number of carboxylic acid groups (broad SMARTS) is 1. The number of fused-ring (bicyclic) bond motifs is 1. The second-order valence-corrected chi connectivity index (χ2v) is 4.81. The Balaban J connectivity index is 2.57. The first-order valence-corrected chi connectivity index (χ1v) is 6.49. The second kappa shape index (κ2) is 5.31. The number of hydrogen-bond acceptors (Lipinski definition) is 6. The molecule has 0 aliphatic carbocycles. The van der Waals surface area contributed by atoms with Crippen LogP contribution in [-0.2, 0) is 0 Å². The first-order chi connectivity index (χ1) is 11.0. The zero-order chi connectivity index (χ0) is 16.6. The maximum atomic E-state index is 12.4. The number of carboxylic acids is 1. The third-order valence-corrected chi connectivity index (χ3v) is 3.25. The number of aromatic carboxylic acids is 1. The van der Waals surface area contributed by atoms with Crippen molar-refractivity contribution in [3.8, 4) is 11.8 Å². The fourth-order valence-electron chi connectivity index (χ4n) is 2.32. The molecule has 1 aromatic carbocycles. The van der Waals surface area contributed by atoms with Gasteiger partial charge in [-0.15, -0.1) is 0 Å². The van der Waals surface area contributed by atoms with Crippen molar-refractivity contribution in [1.82, 2.24) is 19.7 Å². The molecule has 0 unspecified atom stereocenters. The fraction of sp³-hybridized carbons (Fsp3) is 0.0667. The van der Waals surface area contributed by atoms with Crippen LogP contribution in [0.4, 0.5) is 0 Å². The molecule has 3 aromatic rings. The van der Waals surface area contributed by atoms with E-state index in [2.05, 4.69) is 15.1 Å². The SMILES string of the molecule is Cc1cc(C#N)c2c(=O)c(C(=O)O)nn(-c3cncnc3)c2c1. The van der Waals surface area contributed by atoms with Gasteiger partial charge in [0.1, 0.15) is 12.0 Å². The van der Waals surface area contributed by atoms with Crippen LogP contribution in [0.3, 0.4) is 0 Å². The summed E-state index contributed by atoms with van der Waals surface area (Å²) in [6.07, 6.45) is 4.19. The van der Waals surface area contributed by atoms with Crippen molar-refractivity contribution in [1.29, 1.82) is 5.26 Å². The molecule has 0 atom stereocenters. The highest BCUT2D eigenvalue weighted by molar-refractivity contribution is 5.93. The second-order valence-electron chi connectivity index (χ2n) is 4.81. The highest BCUT2D eigenvalue weighted by Gasteiger charge is 2.20. The van der Waals surface area contributed by atoms with Crippen molar-refractivity contribution in [3.63, 3.8) is 0 Å². The average molecular weight is 307 g/mol. The summed E-state index contributed by atoms with van der Waals surface area (Å²) >= 11 is 0. The van der Waals surface area contributed by atoms with E-state index in [1.165, 1.54) is 29.5 Å². The number of aromatic nitrogens is 4. The Morgan fingerprint density at radius 2 is 2.00 bits per heavy atom. The van der Waals surface area contributed by atoms with Crippen LogP contribution in [-0.4, -0.2) is 30.8 Å². The smallest absolute Gasteiger partial charge is 0.360 e. The molecule has 0 aliphatic rings. The van der Waals surface area contributed by atoms with Crippen LogP contribution in [0.1, 0.15) is 21.6 Å². The Bertz CT molecular complexity index is 1030. The molecule has 1 N–H and O–H groups in total. The van der Waals surface area contributed by atoms with Gasteiger partial charge in [0.15, 0.2) is 0 Å². The molecule has 0 fully saturated rings. The van der Waals surface area contributed by atoms with Crippen LogP contribution in [0.2, 0.25) is 0 Å². The lowest BCUT2D eigenvalue weighted by atomic mass is 10.0. The molecule has 112 valence electrons. The van der Waals surface area contributed by atoms with Crippen LogP contribution in [0.25, 0.3) is 16.6 Å². The van der Waals surface area contributed by atoms with Gasteiger partial charge < -0.3 is 5.11 Å². The molecule has 2 aromatic heterocycles. The van der Waals surface area contributed by atoms with Gasteiger partial charge in [-0.05, 0) is 24.6 Å². The minimum absolute atomic E-state index is 0.00866. The number of hydrogen-bond donors (Lipinski definition) is 1. The lowest BCUT2D eigenvalue weighted by molar-refractivity contribution is 0.0687. The van der Waals surface area contributed by atoms with E-state index in [1.54, 1.807) is 13.0 Å². The van der Waals surface area contributed by atoms with Crippen LogP contribution >= 0.6 is 0 Å². The summed E-state index contributed by atoms with van der Waals surface area (Å²) in [5, 5.41) is 22.4. The van der Waals surface area contributed by atoms with Gasteiger partial charge in [-0.2, -0.15) is 10.4 Å². The maximum absolute atomic E-state index is 12.4. The molecule has 0 amide bonds. The quantitative estimate of drug-likeness (QED) is 0.750. The van der Waals surface area contributed by atoms with E-state index >= 15 is 0 Å². The Morgan fingerprint density at radius 3 is 2.61 bits per heavy atom. The summed E-state index contributed by atoms with van der Waals surface area (Å²) in [6.45, 7) is 1.77. The van der Waals surface area contributed by atoms with Crippen molar-refractivity contribution >= 4 is 16.9 Å². The minimum atomic E-state index is -1.47. The largest absolute Gasteiger partial charge is 0.476 e. The van der Waals surface area contributed by atoms with Crippen LogP contribution in [0.15, 0.2) is 35.6 Å². The summed E-state index contributed by atoms with van der Waals surface area (Å²) in [4.78, 5) is 31.5. The predicted molar refractivity (Wildman–Crippen MR) is 79.3 cm³/mol. The van der Waals surface area contributed by atoms with E-state index in [4.69, 9.17) is 0 Å². The topological polar surface area (TPSA) is 122 Å². The van der Waals surface area contributed by atoms with Crippen molar-refractivity contribution in [2.24, 2.45) is 0 Å². The summed E-state index contributed by atoms with van der Waals surface area (Å²) in [5.74, 6) is -1.47. The molecule has 2 heterocycles. The van der Waals surface area contributed by atoms with Crippen molar-refractivity contribution in [3.05, 3.63) is 57.9 Å². The molecule has 8 heteroatoms. The van der Waals surface area contributed by atoms with Crippen molar-refractivity contribution < 1.29 is 9.90 Å². The van der Waals surface area contributed by atoms with Gasteiger partial charge in [0.25, 0.3) is 0 Å². The van der Waals surface area contributed by atoms with E-state index in [9.17, 15) is 20.0 Å². The molecule has 23 heavy (non-hydrogen) atoms. The number of aryl methyl sites for hydroxylation is 1. The minimum Gasteiger partial charge on any atom is -0.476 e. The van der Waals surface area contributed by atoms with Gasteiger partial charge in [-0.3, -0.25) is 4.79 Å². The van der Waals surface area contributed by atoms with Crippen molar-refractivity contribution in [2.45, 2.75) is 6.92 Å². The third-order valence-electron chi connectivity index (χ3n) is 3.25. The van der Waals surface area contributed by atoms with Crippen LogP contribution in [0.5, 0.6) is 0 Å². The number of nitriles is 1. The third kappa shape index (κ3) is 2.30. The van der Waals surface area contributed by atoms with E-state index in [0.717, 1.165) is 5.56 Å². The van der Waals surface area contributed by atoms with Gasteiger partial charge >= 0.3 is 5.97 Å². The van der Waals surface area contributed by atoms with E-state index in [1.807, 2.05) is 6.07 Å². The standard InChI is InChI=1S/C15H9N5O3/c1-8-2-9(4-16)12-11(3-8)20(10-5-17-7-18-6-10)19-13(14(12)21)15(22)23/h2-3,5-7H,1H3,(H,22,23). The summed E-state index contributed by atoms with van der Waals surface area (Å²) < 4.78 is 1.26. The zero-order valence-electron chi connectivity index (χ0n) is 11.9. The first kappa shape index (κ1) is 14.3. The average Bonchev–Trinajstić information content (AvgIpc) is 2.54. The Morgan fingerprint density at radius 1 is 1.30 bits per heavy atom. The number of nitrogens with zero attached hydrogens (tertiary/aromatic N) is 5. The number of benzene rings is 1. The van der Waals surface area contributed by atoms with Gasteiger partial charge in [0.2, 0.25) is 11.1 Å². The molecular formula is C15H9N5O3. The monoisotopic (exact) mass is 307 g/mol. The molecule has 0 spiro atoms.